The molecule has 114 valence electrons. The minimum atomic E-state index is -0.437. The summed E-state index contributed by atoms with van der Waals surface area (Å²) in [6.07, 6.45) is 5.29. The predicted octanol–water partition coefficient (Wildman–Crippen LogP) is 2.50. The number of thiazole rings is 1. The van der Waals surface area contributed by atoms with Crippen LogP contribution in [-0.2, 0) is 16.0 Å². The van der Waals surface area contributed by atoms with Gasteiger partial charge in [0.05, 0.1) is 12.1 Å². The molecular formula is C15H21N3O2S. The summed E-state index contributed by atoms with van der Waals surface area (Å²) in [4.78, 5) is 31.8. The van der Waals surface area contributed by atoms with E-state index in [1.807, 2.05) is 6.92 Å². The van der Waals surface area contributed by atoms with Crippen LogP contribution in [0.25, 0.3) is 0 Å². The fraction of sp³-hybridized carbons (Fsp3) is 0.667. The average molecular weight is 307 g/mol. The molecule has 1 saturated carbocycles. The molecule has 6 heteroatoms. The van der Waals surface area contributed by atoms with Gasteiger partial charge in [0.1, 0.15) is 6.04 Å². The molecular weight excluding hydrogens is 286 g/mol. The highest BCUT2D eigenvalue weighted by Gasteiger charge is 2.43. The second-order valence-corrected chi connectivity index (χ2v) is 7.02. The van der Waals surface area contributed by atoms with Gasteiger partial charge >= 0.3 is 0 Å². The third-order valence-corrected chi connectivity index (χ3v) is 5.34. The highest BCUT2D eigenvalue weighted by Crippen LogP contribution is 2.30. The normalized spacial score (nSPS) is 23.3. The summed E-state index contributed by atoms with van der Waals surface area (Å²) in [5, 5.41) is 3.92. The van der Waals surface area contributed by atoms with Crippen LogP contribution in [0.3, 0.4) is 0 Å². The maximum atomic E-state index is 12.5. The van der Waals surface area contributed by atoms with Crippen molar-refractivity contribution >= 4 is 28.3 Å². The number of nitrogens with one attached hydrogen (secondary N) is 1. The molecule has 2 aliphatic rings. The van der Waals surface area contributed by atoms with Crippen molar-refractivity contribution in [2.45, 2.75) is 64.5 Å². The van der Waals surface area contributed by atoms with E-state index in [2.05, 4.69) is 17.2 Å². The van der Waals surface area contributed by atoms with Gasteiger partial charge in [0, 0.05) is 10.9 Å². The van der Waals surface area contributed by atoms with E-state index in [0.717, 1.165) is 42.9 Å². The maximum Gasteiger partial charge on any atom is 0.252 e. The Bertz CT molecular complexity index is 563. The summed E-state index contributed by atoms with van der Waals surface area (Å²) in [7, 11) is 0. The number of amides is 2. The molecule has 0 bridgehead atoms. The third kappa shape index (κ3) is 2.69. The Labute approximate surface area is 128 Å². The van der Waals surface area contributed by atoms with Crippen LogP contribution in [0.5, 0.6) is 0 Å². The van der Waals surface area contributed by atoms with E-state index in [1.165, 1.54) is 9.78 Å². The summed E-state index contributed by atoms with van der Waals surface area (Å²) in [5.74, 6) is -0.105. The molecule has 2 amide bonds. The molecule has 1 aliphatic heterocycles. The van der Waals surface area contributed by atoms with E-state index in [-0.39, 0.29) is 24.3 Å². The number of rotatable bonds is 4. The minimum Gasteiger partial charge on any atom is -0.349 e. The minimum absolute atomic E-state index is 0.0339. The van der Waals surface area contributed by atoms with Crippen LogP contribution < -0.4 is 5.32 Å². The number of aromatic nitrogens is 1. The molecule has 1 atom stereocenters. The van der Waals surface area contributed by atoms with Crippen molar-refractivity contribution in [3.05, 3.63) is 10.6 Å². The van der Waals surface area contributed by atoms with Crippen molar-refractivity contribution in [2.75, 3.05) is 5.32 Å². The Kier molecular flexibility index (Phi) is 3.97. The Balaban J connectivity index is 1.71. The molecule has 0 radical (unpaired) electrons. The van der Waals surface area contributed by atoms with E-state index in [1.54, 1.807) is 11.3 Å². The van der Waals surface area contributed by atoms with Crippen molar-refractivity contribution in [1.82, 2.24) is 9.88 Å². The lowest BCUT2D eigenvalue weighted by molar-refractivity contribution is -0.141. The number of imide groups is 1. The van der Waals surface area contributed by atoms with E-state index >= 15 is 0 Å². The number of carbonyl (C=O) groups excluding carboxylic acids is 2. The van der Waals surface area contributed by atoms with Gasteiger partial charge in [-0.3, -0.25) is 14.5 Å². The van der Waals surface area contributed by atoms with Gasteiger partial charge in [0.25, 0.3) is 5.91 Å². The SMILES string of the molecule is CCc1nc(NC2CC(=O)N(C3CCCC3)C2=O)sc1C. The van der Waals surface area contributed by atoms with E-state index in [0.29, 0.717) is 0 Å². The van der Waals surface area contributed by atoms with Gasteiger partial charge in [0.2, 0.25) is 5.91 Å². The van der Waals surface area contributed by atoms with Crippen LogP contribution in [0.4, 0.5) is 5.13 Å². The van der Waals surface area contributed by atoms with Crippen LogP contribution >= 0.6 is 11.3 Å². The molecule has 1 N–H and O–H groups in total. The van der Waals surface area contributed by atoms with Crippen molar-refractivity contribution in [3.63, 3.8) is 0 Å². The topological polar surface area (TPSA) is 62.3 Å². The van der Waals surface area contributed by atoms with Gasteiger partial charge in [-0.15, -0.1) is 11.3 Å². The first-order valence-corrected chi connectivity index (χ1v) is 8.50. The number of nitrogens with zero attached hydrogens (tertiary/aromatic N) is 2. The number of aryl methyl sites for hydroxylation is 2. The lowest BCUT2D eigenvalue weighted by atomic mass is 10.2. The Morgan fingerprint density at radius 2 is 2.05 bits per heavy atom. The summed E-state index contributed by atoms with van der Waals surface area (Å²) in [5.41, 5.74) is 1.06. The van der Waals surface area contributed by atoms with Crippen LogP contribution in [0.1, 0.15) is 49.6 Å². The largest absolute Gasteiger partial charge is 0.349 e. The Morgan fingerprint density at radius 3 is 2.67 bits per heavy atom. The molecule has 2 heterocycles. The maximum absolute atomic E-state index is 12.5. The highest BCUT2D eigenvalue weighted by atomic mass is 32.1. The molecule has 1 aliphatic carbocycles. The van der Waals surface area contributed by atoms with Crippen LogP contribution in [0, 0.1) is 6.92 Å². The van der Waals surface area contributed by atoms with Crippen LogP contribution in [0.2, 0.25) is 0 Å². The van der Waals surface area contributed by atoms with Crippen LogP contribution in [0.15, 0.2) is 0 Å². The third-order valence-electron chi connectivity index (χ3n) is 4.40. The van der Waals surface area contributed by atoms with E-state index < -0.39 is 6.04 Å². The van der Waals surface area contributed by atoms with Gasteiger partial charge in [-0.2, -0.15) is 0 Å². The van der Waals surface area contributed by atoms with E-state index in [4.69, 9.17) is 0 Å². The summed E-state index contributed by atoms with van der Waals surface area (Å²) < 4.78 is 0. The van der Waals surface area contributed by atoms with Gasteiger partial charge in [0.15, 0.2) is 5.13 Å². The first-order valence-electron chi connectivity index (χ1n) is 7.69. The molecule has 5 nitrogen and oxygen atoms in total. The number of hydrogen-bond donors (Lipinski definition) is 1. The molecule has 21 heavy (non-hydrogen) atoms. The quantitative estimate of drug-likeness (QED) is 0.868. The predicted molar refractivity (Wildman–Crippen MR) is 82.4 cm³/mol. The molecule has 1 unspecified atom stereocenters. The van der Waals surface area contributed by atoms with Crippen molar-refractivity contribution in [1.29, 1.82) is 0 Å². The molecule has 1 saturated heterocycles. The first kappa shape index (κ1) is 14.5. The Morgan fingerprint density at radius 1 is 1.33 bits per heavy atom. The molecule has 3 rings (SSSR count). The van der Waals surface area contributed by atoms with E-state index in [9.17, 15) is 9.59 Å². The zero-order valence-corrected chi connectivity index (χ0v) is 13.3. The first-order chi connectivity index (χ1) is 10.1. The molecule has 0 spiro atoms. The fourth-order valence-electron chi connectivity index (χ4n) is 3.28. The Hall–Kier alpha value is -1.43. The summed E-state index contributed by atoms with van der Waals surface area (Å²) in [6.45, 7) is 4.10. The fourth-order valence-corrected chi connectivity index (χ4v) is 4.23. The van der Waals surface area contributed by atoms with Crippen molar-refractivity contribution in [3.8, 4) is 0 Å². The smallest absolute Gasteiger partial charge is 0.252 e. The second kappa shape index (κ2) is 5.75. The molecule has 1 aromatic heterocycles. The number of hydrogen-bond acceptors (Lipinski definition) is 5. The lowest BCUT2D eigenvalue weighted by Gasteiger charge is -2.22. The van der Waals surface area contributed by atoms with Gasteiger partial charge in [-0.05, 0) is 26.2 Å². The summed E-state index contributed by atoms with van der Waals surface area (Å²) in [6, 6.07) is -0.311. The lowest BCUT2D eigenvalue weighted by Crippen LogP contribution is -2.40. The van der Waals surface area contributed by atoms with Crippen LogP contribution in [-0.4, -0.2) is 33.8 Å². The van der Waals surface area contributed by atoms with Crippen molar-refractivity contribution in [2.24, 2.45) is 0 Å². The van der Waals surface area contributed by atoms with Crippen molar-refractivity contribution < 1.29 is 9.59 Å². The molecule has 0 aromatic carbocycles. The van der Waals surface area contributed by atoms with Gasteiger partial charge < -0.3 is 5.32 Å². The monoisotopic (exact) mass is 307 g/mol. The molecule has 1 aromatic rings. The zero-order chi connectivity index (χ0) is 15.0. The number of anilines is 1. The zero-order valence-electron chi connectivity index (χ0n) is 12.5. The highest BCUT2D eigenvalue weighted by molar-refractivity contribution is 7.15. The number of carbonyl (C=O) groups is 2. The van der Waals surface area contributed by atoms with Gasteiger partial charge in [-0.25, -0.2) is 4.98 Å². The molecule has 2 fully saturated rings. The standard InChI is InChI=1S/C15H21N3O2S/c1-3-11-9(2)21-15(16-11)17-12-8-13(19)18(14(12)20)10-6-4-5-7-10/h10,12H,3-8H2,1-2H3,(H,16,17). The second-order valence-electron chi connectivity index (χ2n) is 5.82. The van der Waals surface area contributed by atoms with Gasteiger partial charge in [-0.1, -0.05) is 19.8 Å². The number of likely N-dealkylation sites (tertiary alicyclic amines) is 1. The average Bonchev–Trinajstić information content (AvgIpc) is 3.12. The summed E-state index contributed by atoms with van der Waals surface area (Å²) >= 11 is 1.56.